The second kappa shape index (κ2) is 7.31. The molecule has 1 N–H and O–H groups in total. The number of anilines is 1. The van der Waals surface area contributed by atoms with Crippen LogP contribution in [-0.2, 0) is 6.54 Å². The fourth-order valence-corrected chi connectivity index (χ4v) is 1.83. The number of nitrogens with zero attached hydrogens (tertiary/aromatic N) is 2. The van der Waals surface area contributed by atoms with Crippen molar-refractivity contribution < 1.29 is 0 Å². The van der Waals surface area contributed by atoms with Crippen LogP contribution in [0.15, 0.2) is 12.4 Å². The Kier molecular flexibility index (Phi) is 5.98. The molecule has 0 saturated heterocycles. The lowest BCUT2D eigenvalue weighted by atomic mass is 10.0. The van der Waals surface area contributed by atoms with Crippen molar-refractivity contribution in [3.05, 3.63) is 12.4 Å². The molecule has 0 aliphatic heterocycles. The molecule has 0 radical (unpaired) electrons. The van der Waals surface area contributed by atoms with Gasteiger partial charge >= 0.3 is 0 Å². The molecule has 1 aromatic rings. The van der Waals surface area contributed by atoms with Crippen molar-refractivity contribution in [2.75, 3.05) is 11.9 Å². The summed E-state index contributed by atoms with van der Waals surface area (Å²) < 4.78 is 2.24. The first-order valence-corrected chi connectivity index (χ1v) is 6.56. The Morgan fingerprint density at radius 2 is 2.06 bits per heavy atom. The quantitative estimate of drug-likeness (QED) is 0.683. The van der Waals surface area contributed by atoms with E-state index >= 15 is 0 Å². The molecule has 1 rings (SSSR count). The number of imidazole rings is 1. The van der Waals surface area contributed by atoms with Gasteiger partial charge < -0.3 is 9.88 Å². The Hall–Kier alpha value is -0.990. The topological polar surface area (TPSA) is 29.9 Å². The lowest BCUT2D eigenvalue weighted by Gasteiger charge is -2.15. The Bertz CT molecular complexity index is 276. The molecule has 0 amide bonds. The van der Waals surface area contributed by atoms with Gasteiger partial charge in [-0.15, -0.1) is 0 Å². The van der Waals surface area contributed by atoms with Crippen LogP contribution in [-0.4, -0.2) is 16.1 Å². The minimum atomic E-state index is 0.765. The van der Waals surface area contributed by atoms with E-state index in [9.17, 15) is 0 Å². The SMILES string of the molecule is CCCCNc1nccn1CC(CC)CC. The second-order valence-electron chi connectivity index (χ2n) is 4.37. The normalized spacial score (nSPS) is 11.0. The minimum absolute atomic E-state index is 0.765. The van der Waals surface area contributed by atoms with Gasteiger partial charge in [0.1, 0.15) is 0 Å². The molecule has 1 heterocycles. The molecule has 0 atom stereocenters. The maximum absolute atomic E-state index is 4.36. The molecule has 3 nitrogen and oxygen atoms in total. The van der Waals surface area contributed by atoms with Gasteiger partial charge in [0.05, 0.1) is 0 Å². The van der Waals surface area contributed by atoms with Crippen LogP contribution in [0.5, 0.6) is 0 Å². The highest BCUT2D eigenvalue weighted by atomic mass is 15.2. The van der Waals surface area contributed by atoms with E-state index in [0.717, 1.165) is 25.0 Å². The van der Waals surface area contributed by atoms with Crippen LogP contribution in [0.4, 0.5) is 5.95 Å². The number of hydrogen-bond acceptors (Lipinski definition) is 2. The third kappa shape index (κ3) is 3.87. The van der Waals surface area contributed by atoms with E-state index in [1.807, 2.05) is 6.20 Å². The first-order valence-electron chi connectivity index (χ1n) is 6.56. The van der Waals surface area contributed by atoms with Gasteiger partial charge in [0.25, 0.3) is 0 Å². The zero-order valence-electron chi connectivity index (χ0n) is 10.9. The van der Waals surface area contributed by atoms with Gasteiger partial charge in [-0.25, -0.2) is 4.98 Å². The molecular formula is C13H25N3. The largest absolute Gasteiger partial charge is 0.356 e. The molecule has 0 aliphatic rings. The van der Waals surface area contributed by atoms with Crippen LogP contribution in [0.2, 0.25) is 0 Å². The van der Waals surface area contributed by atoms with Crippen molar-refractivity contribution >= 4 is 5.95 Å². The van der Waals surface area contributed by atoms with Gasteiger partial charge in [0.2, 0.25) is 5.95 Å². The zero-order chi connectivity index (χ0) is 11.8. The summed E-state index contributed by atoms with van der Waals surface area (Å²) in [7, 11) is 0. The smallest absolute Gasteiger partial charge is 0.202 e. The van der Waals surface area contributed by atoms with Crippen molar-refractivity contribution in [3.63, 3.8) is 0 Å². The molecule has 0 fully saturated rings. The lowest BCUT2D eigenvalue weighted by Crippen LogP contribution is -2.13. The summed E-state index contributed by atoms with van der Waals surface area (Å²) in [5.41, 5.74) is 0. The summed E-state index contributed by atoms with van der Waals surface area (Å²) in [6, 6.07) is 0. The molecule has 1 aromatic heterocycles. The molecule has 3 heteroatoms. The van der Waals surface area contributed by atoms with Gasteiger partial charge in [0, 0.05) is 25.5 Å². The number of rotatable bonds is 8. The first kappa shape index (κ1) is 13.1. The van der Waals surface area contributed by atoms with Gasteiger partial charge in [-0.3, -0.25) is 0 Å². The summed E-state index contributed by atoms with van der Waals surface area (Å²) in [4.78, 5) is 4.36. The predicted octanol–water partition coefficient (Wildman–Crippen LogP) is 3.53. The Morgan fingerprint density at radius 1 is 1.31 bits per heavy atom. The highest BCUT2D eigenvalue weighted by Crippen LogP contribution is 2.14. The van der Waals surface area contributed by atoms with Gasteiger partial charge in [0.15, 0.2) is 0 Å². The molecule has 92 valence electrons. The highest BCUT2D eigenvalue weighted by molar-refractivity contribution is 5.25. The summed E-state index contributed by atoms with van der Waals surface area (Å²) in [6.45, 7) is 8.83. The van der Waals surface area contributed by atoms with Crippen molar-refractivity contribution in [3.8, 4) is 0 Å². The fraction of sp³-hybridized carbons (Fsp3) is 0.769. The van der Waals surface area contributed by atoms with Crippen LogP contribution in [0.1, 0.15) is 46.5 Å². The van der Waals surface area contributed by atoms with Gasteiger partial charge in [-0.1, -0.05) is 40.0 Å². The molecule has 0 spiro atoms. The molecule has 16 heavy (non-hydrogen) atoms. The van der Waals surface area contributed by atoms with E-state index in [1.54, 1.807) is 0 Å². The van der Waals surface area contributed by atoms with Crippen molar-refractivity contribution in [2.45, 2.75) is 53.0 Å². The average molecular weight is 223 g/mol. The fourth-order valence-electron chi connectivity index (χ4n) is 1.83. The monoisotopic (exact) mass is 223 g/mol. The number of nitrogens with one attached hydrogen (secondary N) is 1. The van der Waals surface area contributed by atoms with Gasteiger partial charge in [-0.05, 0) is 12.3 Å². The minimum Gasteiger partial charge on any atom is -0.356 e. The van der Waals surface area contributed by atoms with Crippen LogP contribution < -0.4 is 5.32 Å². The van der Waals surface area contributed by atoms with E-state index in [4.69, 9.17) is 0 Å². The first-order chi connectivity index (χ1) is 7.81. The number of hydrogen-bond donors (Lipinski definition) is 1. The molecule has 0 bridgehead atoms. The number of unbranched alkanes of at least 4 members (excludes halogenated alkanes) is 1. The summed E-state index contributed by atoms with van der Waals surface area (Å²) >= 11 is 0. The van der Waals surface area contributed by atoms with Crippen LogP contribution in [0, 0.1) is 5.92 Å². The third-order valence-corrected chi connectivity index (χ3v) is 3.14. The Morgan fingerprint density at radius 3 is 2.69 bits per heavy atom. The lowest BCUT2D eigenvalue weighted by molar-refractivity contribution is 0.420. The van der Waals surface area contributed by atoms with E-state index < -0.39 is 0 Å². The van der Waals surface area contributed by atoms with E-state index in [1.165, 1.54) is 25.7 Å². The molecule has 0 unspecified atom stereocenters. The van der Waals surface area contributed by atoms with Crippen molar-refractivity contribution in [1.82, 2.24) is 9.55 Å². The summed E-state index contributed by atoms with van der Waals surface area (Å²) in [6.07, 6.45) is 8.87. The summed E-state index contributed by atoms with van der Waals surface area (Å²) in [5, 5.41) is 3.40. The predicted molar refractivity (Wildman–Crippen MR) is 69.7 cm³/mol. The maximum atomic E-state index is 4.36. The second-order valence-corrected chi connectivity index (χ2v) is 4.37. The van der Waals surface area contributed by atoms with E-state index in [2.05, 4.69) is 41.8 Å². The summed E-state index contributed by atoms with van der Waals surface area (Å²) in [5.74, 6) is 1.79. The van der Waals surface area contributed by atoms with Crippen molar-refractivity contribution in [2.24, 2.45) is 5.92 Å². The van der Waals surface area contributed by atoms with E-state index in [0.29, 0.717) is 0 Å². The Balaban J connectivity index is 2.49. The van der Waals surface area contributed by atoms with Crippen LogP contribution >= 0.6 is 0 Å². The van der Waals surface area contributed by atoms with E-state index in [-0.39, 0.29) is 0 Å². The highest BCUT2D eigenvalue weighted by Gasteiger charge is 2.07. The number of aromatic nitrogens is 2. The molecule has 0 aliphatic carbocycles. The third-order valence-electron chi connectivity index (χ3n) is 3.14. The van der Waals surface area contributed by atoms with Crippen LogP contribution in [0.3, 0.4) is 0 Å². The van der Waals surface area contributed by atoms with Gasteiger partial charge in [-0.2, -0.15) is 0 Å². The Labute approximate surface area is 99.3 Å². The maximum Gasteiger partial charge on any atom is 0.202 e. The molecule has 0 aromatic carbocycles. The standard InChI is InChI=1S/C13H25N3/c1-4-7-8-14-13-15-9-10-16(13)11-12(5-2)6-3/h9-10,12H,4-8,11H2,1-3H3,(H,14,15). The van der Waals surface area contributed by atoms with Crippen molar-refractivity contribution in [1.29, 1.82) is 0 Å². The zero-order valence-corrected chi connectivity index (χ0v) is 10.9. The molecular weight excluding hydrogens is 198 g/mol. The molecule has 0 saturated carbocycles. The van der Waals surface area contributed by atoms with Crippen LogP contribution in [0.25, 0.3) is 0 Å². The average Bonchev–Trinajstić information content (AvgIpc) is 2.74.